The molecule has 2 heteroatoms. The van der Waals surface area contributed by atoms with Gasteiger partial charge in [0.15, 0.2) is 0 Å². The fraction of sp³-hybridized carbons (Fsp3) is 0.786. The third-order valence-electron chi connectivity index (χ3n) is 6.28. The first-order chi connectivity index (χ1) is 7.69. The van der Waals surface area contributed by atoms with Crippen molar-refractivity contribution in [1.82, 2.24) is 0 Å². The van der Waals surface area contributed by atoms with Gasteiger partial charge in [-0.1, -0.05) is 12.2 Å². The van der Waals surface area contributed by atoms with Crippen molar-refractivity contribution >= 4 is 5.97 Å². The van der Waals surface area contributed by atoms with Crippen molar-refractivity contribution in [2.45, 2.75) is 38.5 Å². The zero-order chi connectivity index (χ0) is 11.0. The van der Waals surface area contributed by atoms with E-state index in [2.05, 4.69) is 12.2 Å². The lowest BCUT2D eigenvalue weighted by molar-refractivity contribution is -0.146. The monoisotopic (exact) mass is 218 g/mol. The van der Waals surface area contributed by atoms with Crippen molar-refractivity contribution in [3.8, 4) is 0 Å². The van der Waals surface area contributed by atoms with Crippen LogP contribution in [0.15, 0.2) is 12.2 Å². The molecule has 3 fully saturated rings. The number of carboxylic acids is 1. The van der Waals surface area contributed by atoms with Crippen LogP contribution in [0.2, 0.25) is 0 Å². The molecule has 1 N–H and O–H groups in total. The Morgan fingerprint density at radius 1 is 1.31 bits per heavy atom. The van der Waals surface area contributed by atoms with Crippen LogP contribution in [0, 0.1) is 28.6 Å². The van der Waals surface area contributed by atoms with Gasteiger partial charge in [0.25, 0.3) is 0 Å². The van der Waals surface area contributed by atoms with E-state index in [-0.39, 0.29) is 5.41 Å². The number of carboxylic acid groups (broad SMARTS) is 1. The highest BCUT2D eigenvalue weighted by atomic mass is 16.4. The molecule has 0 heterocycles. The van der Waals surface area contributed by atoms with Gasteiger partial charge in [-0.25, -0.2) is 0 Å². The highest BCUT2D eigenvalue weighted by Crippen LogP contribution is 2.80. The normalized spacial score (nSPS) is 55.9. The van der Waals surface area contributed by atoms with Crippen LogP contribution >= 0.6 is 0 Å². The Labute approximate surface area is 95.7 Å². The minimum absolute atomic E-state index is 0.0492. The molecule has 86 valence electrons. The molecule has 2 nitrogen and oxygen atoms in total. The van der Waals surface area contributed by atoms with Crippen LogP contribution in [-0.2, 0) is 4.79 Å². The molecule has 0 radical (unpaired) electrons. The third kappa shape index (κ3) is 0.722. The van der Waals surface area contributed by atoms with Gasteiger partial charge in [-0.15, -0.1) is 0 Å². The summed E-state index contributed by atoms with van der Waals surface area (Å²) < 4.78 is 0. The van der Waals surface area contributed by atoms with Crippen LogP contribution < -0.4 is 0 Å². The van der Waals surface area contributed by atoms with Crippen LogP contribution in [0.25, 0.3) is 0 Å². The summed E-state index contributed by atoms with van der Waals surface area (Å²) in [5.74, 6) is 1.81. The van der Waals surface area contributed by atoms with Crippen LogP contribution in [0.3, 0.4) is 0 Å². The summed E-state index contributed by atoms with van der Waals surface area (Å²) in [6.45, 7) is 0. The minimum Gasteiger partial charge on any atom is -0.481 e. The molecule has 1 spiro atoms. The van der Waals surface area contributed by atoms with Gasteiger partial charge in [0, 0.05) is 5.41 Å². The average molecular weight is 218 g/mol. The predicted molar refractivity (Wildman–Crippen MR) is 59.8 cm³/mol. The molecule has 0 unspecified atom stereocenters. The van der Waals surface area contributed by atoms with Gasteiger partial charge in [0.2, 0.25) is 0 Å². The quantitative estimate of drug-likeness (QED) is 0.724. The second-order valence-corrected chi connectivity index (χ2v) is 6.37. The summed E-state index contributed by atoms with van der Waals surface area (Å²) in [5, 5.41) is 9.20. The third-order valence-corrected chi connectivity index (χ3v) is 6.28. The molecule has 0 saturated heterocycles. The van der Waals surface area contributed by atoms with E-state index in [9.17, 15) is 9.90 Å². The van der Waals surface area contributed by atoms with E-state index in [1.54, 1.807) is 0 Å². The highest BCUT2D eigenvalue weighted by Gasteiger charge is 2.74. The fourth-order valence-corrected chi connectivity index (χ4v) is 6.02. The fourth-order valence-electron chi connectivity index (χ4n) is 6.02. The summed E-state index contributed by atoms with van der Waals surface area (Å²) in [6.07, 6.45) is 11.5. The van der Waals surface area contributed by atoms with Crippen molar-refractivity contribution in [1.29, 1.82) is 0 Å². The standard InChI is InChI=1S/C14H18O2/c15-12(16)8-13-5-3-9-1-2-10-7-11(4-6-13)14(9,10)13/h4,6,9-11H,1-3,5,7-8H2,(H,15,16)/t9-,10-,11-,13-,14+/m1/s1. The zero-order valence-corrected chi connectivity index (χ0v) is 9.48. The van der Waals surface area contributed by atoms with Crippen molar-refractivity contribution in [3.05, 3.63) is 12.2 Å². The van der Waals surface area contributed by atoms with Gasteiger partial charge in [0.05, 0.1) is 6.42 Å². The molecule has 0 aromatic heterocycles. The molecular weight excluding hydrogens is 200 g/mol. The van der Waals surface area contributed by atoms with E-state index < -0.39 is 5.97 Å². The van der Waals surface area contributed by atoms with E-state index in [1.807, 2.05) is 0 Å². The van der Waals surface area contributed by atoms with Gasteiger partial charge in [-0.2, -0.15) is 0 Å². The Kier molecular flexibility index (Phi) is 1.47. The number of rotatable bonds is 2. The Bertz CT molecular complexity index is 400. The highest BCUT2D eigenvalue weighted by molar-refractivity contribution is 5.69. The number of hydrogen-bond donors (Lipinski definition) is 1. The molecule has 0 aromatic carbocycles. The summed E-state index contributed by atoms with van der Waals surface area (Å²) in [6, 6.07) is 0. The molecule has 0 bridgehead atoms. The Balaban J connectivity index is 1.82. The lowest BCUT2D eigenvalue weighted by Gasteiger charge is -2.57. The van der Waals surface area contributed by atoms with Crippen LogP contribution in [0.1, 0.15) is 38.5 Å². The first-order valence-corrected chi connectivity index (χ1v) is 6.60. The Morgan fingerprint density at radius 2 is 2.12 bits per heavy atom. The SMILES string of the molecule is O=C(O)C[C@]12C=C[C@@H]3C[C@H]4CC[C@H](CC1)[C@]432. The van der Waals surface area contributed by atoms with Gasteiger partial charge in [0.1, 0.15) is 0 Å². The topological polar surface area (TPSA) is 37.3 Å². The minimum atomic E-state index is -0.599. The van der Waals surface area contributed by atoms with Gasteiger partial charge < -0.3 is 5.11 Å². The largest absolute Gasteiger partial charge is 0.481 e. The molecule has 3 saturated carbocycles. The average Bonchev–Trinajstić information content (AvgIpc) is 2.71. The van der Waals surface area contributed by atoms with Crippen LogP contribution in [-0.4, -0.2) is 11.1 Å². The second-order valence-electron chi connectivity index (χ2n) is 6.37. The smallest absolute Gasteiger partial charge is 0.304 e. The Morgan fingerprint density at radius 3 is 2.94 bits per heavy atom. The zero-order valence-electron chi connectivity index (χ0n) is 9.48. The van der Waals surface area contributed by atoms with Crippen LogP contribution in [0.5, 0.6) is 0 Å². The van der Waals surface area contributed by atoms with Crippen molar-refractivity contribution in [3.63, 3.8) is 0 Å². The van der Waals surface area contributed by atoms with E-state index >= 15 is 0 Å². The molecular formula is C14H18O2. The van der Waals surface area contributed by atoms with Crippen molar-refractivity contribution in [2.75, 3.05) is 0 Å². The predicted octanol–water partition coefficient (Wildman–Crippen LogP) is 2.84. The van der Waals surface area contributed by atoms with E-state index in [4.69, 9.17) is 0 Å². The maximum absolute atomic E-state index is 11.2. The summed E-state index contributed by atoms with van der Waals surface area (Å²) in [5.41, 5.74) is 0.457. The first-order valence-electron chi connectivity index (χ1n) is 6.60. The van der Waals surface area contributed by atoms with Crippen molar-refractivity contribution < 1.29 is 9.90 Å². The Hall–Kier alpha value is -0.790. The maximum Gasteiger partial charge on any atom is 0.304 e. The van der Waals surface area contributed by atoms with Gasteiger partial charge in [-0.3, -0.25) is 4.79 Å². The summed E-state index contributed by atoms with van der Waals surface area (Å²) in [4.78, 5) is 11.2. The second kappa shape index (κ2) is 2.55. The van der Waals surface area contributed by atoms with E-state index in [1.165, 1.54) is 25.7 Å². The lowest BCUT2D eigenvalue weighted by atomic mass is 9.46. The van der Waals surface area contributed by atoms with E-state index in [0.29, 0.717) is 11.8 Å². The van der Waals surface area contributed by atoms with Crippen molar-refractivity contribution in [2.24, 2.45) is 28.6 Å². The van der Waals surface area contributed by atoms with E-state index in [0.717, 1.165) is 24.2 Å². The number of allylic oxidation sites excluding steroid dienone is 2. The molecule has 0 amide bonds. The summed E-state index contributed by atoms with van der Waals surface area (Å²) >= 11 is 0. The molecule has 0 aromatic rings. The molecule has 16 heavy (non-hydrogen) atoms. The molecule has 4 rings (SSSR count). The molecule has 4 aliphatic carbocycles. The molecule has 0 aliphatic heterocycles. The lowest BCUT2D eigenvalue weighted by Crippen LogP contribution is -2.53. The number of carbonyl (C=O) groups is 1. The van der Waals surface area contributed by atoms with Gasteiger partial charge >= 0.3 is 5.97 Å². The number of aliphatic carboxylic acids is 1. The molecule has 4 aliphatic rings. The first kappa shape index (κ1) is 9.26. The molecule has 5 atom stereocenters. The van der Waals surface area contributed by atoms with Gasteiger partial charge in [-0.05, 0) is 55.3 Å². The summed E-state index contributed by atoms with van der Waals surface area (Å²) in [7, 11) is 0. The van der Waals surface area contributed by atoms with Crippen LogP contribution in [0.4, 0.5) is 0 Å². The number of hydrogen-bond acceptors (Lipinski definition) is 1. The maximum atomic E-state index is 11.2.